The van der Waals surface area contributed by atoms with Gasteiger partial charge < -0.3 is 30.1 Å². The van der Waals surface area contributed by atoms with E-state index in [0.29, 0.717) is 6.54 Å². The van der Waals surface area contributed by atoms with Gasteiger partial charge in [-0.3, -0.25) is 15.0 Å². The number of carbonyl (C=O) groups is 1. The van der Waals surface area contributed by atoms with E-state index in [0.717, 1.165) is 109 Å². The number of hydrogen-bond acceptors (Lipinski definition) is 8. The number of nitro benzene ring substituents is 1. The van der Waals surface area contributed by atoms with Gasteiger partial charge in [0.2, 0.25) is 0 Å². The average molecular weight is 786 g/mol. The van der Waals surface area contributed by atoms with E-state index >= 15 is 0 Å². The van der Waals surface area contributed by atoms with E-state index in [-0.39, 0.29) is 46.9 Å². The Morgan fingerprint density at radius 1 is 0.810 bits per heavy atom. The van der Waals surface area contributed by atoms with Crippen LogP contribution in [-0.2, 0) is 22.6 Å². The summed E-state index contributed by atoms with van der Waals surface area (Å²) in [4.78, 5) is 28.7. The highest BCUT2D eigenvalue weighted by molar-refractivity contribution is 5.75. The summed E-state index contributed by atoms with van der Waals surface area (Å²) in [7, 11) is 0. The second-order valence-corrected chi connectivity index (χ2v) is 17.7. The molecule has 304 valence electrons. The molecule has 0 unspecified atom stereocenters. The molecule has 10 rings (SSSR count). The molecule has 6 aliphatic rings. The zero-order valence-corrected chi connectivity index (χ0v) is 33.3. The van der Waals surface area contributed by atoms with E-state index in [4.69, 9.17) is 9.47 Å². The van der Waals surface area contributed by atoms with E-state index in [9.17, 15) is 20.0 Å². The molecule has 0 spiro atoms. The molecule has 11 nitrogen and oxygen atoms in total. The van der Waals surface area contributed by atoms with Crippen molar-refractivity contribution in [1.82, 2.24) is 15.5 Å². The molecule has 11 heteroatoms. The minimum atomic E-state index is -0.594. The number of hydrogen-bond donors (Lipinski definition) is 3. The Morgan fingerprint density at radius 2 is 1.47 bits per heavy atom. The van der Waals surface area contributed by atoms with Crippen molar-refractivity contribution in [2.45, 2.75) is 82.6 Å². The lowest BCUT2D eigenvalue weighted by atomic mass is 9.53. The standard InChI is InChI=1S/C47H55N5O6/c1-31-43(29-50-16-18-51(19-17-50)41-12-14-42(15-13-41)52(55)56)57-45(58-44(31)37-10-8-32(30-53)9-11-37)40-7-3-6-39(24-40)38-5-2-4-33(23-38)28-48-46(54)49-47-25-34-20-35(26-47)22-36(21-34)27-47/h2-15,23-24,31,34-36,43-45,53H,16-22,25-30H2,1H3,(H2,48,49,54)/t31-,34?,35?,36?,43+,44+,45+,47?/m1/s1. The monoisotopic (exact) mass is 785 g/mol. The molecule has 58 heavy (non-hydrogen) atoms. The number of rotatable bonds is 11. The first-order chi connectivity index (χ1) is 28.2. The predicted molar refractivity (Wildman–Crippen MR) is 223 cm³/mol. The first-order valence-corrected chi connectivity index (χ1v) is 21.2. The third kappa shape index (κ3) is 8.36. The van der Waals surface area contributed by atoms with Gasteiger partial charge >= 0.3 is 6.03 Å². The second kappa shape index (κ2) is 16.4. The van der Waals surface area contributed by atoms with Crippen LogP contribution in [0.15, 0.2) is 97.1 Å². The average Bonchev–Trinajstić information content (AvgIpc) is 3.23. The number of non-ortho nitro benzene ring substituents is 1. The van der Waals surface area contributed by atoms with E-state index in [2.05, 4.69) is 88.0 Å². The van der Waals surface area contributed by atoms with Gasteiger partial charge in [-0.05, 0) is 108 Å². The number of aliphatic hydroxyl groups excluding tert-OH is 1. The number of nitrogens with one attached hydrogen (secondary N) is 2. The molecule has 2 aliphatic heterocycles. The van der Waals surface area contributed by atoms with Crippen LogP contribution < -0.4 is 15.5 Å². The maximum Gasteiger partial charge on any atom is 0.315 e. The lowest BCUT2D eigenvalue weighted by molar-refractivity contribution is -0.384. The molecule has 2 amide bonds. The van der Waals surface area contributed by atoms with Crippen LogP contribution in [0, 0.1) is 33.8 Å². The molecule has 6 fully saturated rings. The molecule has 4 aromatic rings. The van der Waals surface area contributed by atoms with Crippen LogP contribution in [0.5, 0.6) is 0 Å². The van der Waals surface area contributed by atoms with Gasteiger partial charge in [0.15, 0.2) is 6.29 Å². The van der Waals surface area contributed by atoms with E-state index in [1.165, 1.54) is 19.3 Å². The number of urea groups is 1. The number of amides is 2. The van der Waals surface area contributed by atoms with E-state index < -0.39 is 6.29 Å². The Labute approximate surface area is 340 Å². The molecule has 4 atom stereocenters. The van der Waals surface area contributed by atoms with Gasteiger partial charge in [0.1, 0.15) is 0 Å². The quantitative estimate of drug-likeness (QED) is 0.103. The van der Waals surface area contributed by atoms with Crippen LogP contribution in [-0.4, -0.2) is 65.3 Å². The van der Waals surface area contributed by atoms with Crippen molar-refractivity contribution in [3.63, 3.8) is 0 Å². The maximum absolute atomic E-state index is 13.2. The third-order valence-electron chi connectivity index (χ3n) is 13.6. The molecule has 2 saturated heterocycles. The number of anilines is 1. The van der Waals surface area contributed by atoms with Crippen molar-refractivity contribution in [2.24, 2.45) is 23.7 Å². The highest BCUT2D eigenvalue weighted by atomic mass is 16.7. The first-order valence-electron chi connectivity index (χ1n) is 21.2. The Hall–Kier alpha value is -4.81. The van der Waals surface area contributed by atoms with Crippen molar-refractivity contribution >= 4 is 17.4 Å². The van der Waals surface area contributed by atoms with Crippen LogP contribution in [0.2, 0.25) is 0 Å². The summed E-state index contributed by atoms with van der Waals surface area (Å²) in [6, 6.07) is 31.5. The number of piperazine rings is 1. The number of nitro groups is 1. The molecule has 4 saturated carbocycles. The van der Waals surface area contributed by atoms with Crippen molar-refractivity contribution in [3.8, 4) is 11.1 Å². The van der Waals surface area contributed by atoms with Crippen molar-refractivity contribution in [3.05, 3.63) is 129 Å². The summed E-state index contributed by atoms with van der Waals surface area (Å²) in [6.45, 7) is 6.69. The summed E-state index contributed by atoms with van der Waals surface area (Å²) >= 11 is 0. The second-order valence-electron chi connectivity index (χ2n) is 17.7. The lowest BCUT2D eigenvalue weighted by Gasteiger charge is -2.56. The minimum Gasteiger partial charge on any atom is -0.392 e. The predicted octanol–water partition coefficient (Wildman–Crippen LogP) is 8.14. The summed E-state index contributed by atoms with van der Waals surface area (Å²) in [5.41, 5.74) is 7.07. The molecule has 4 aromatic carbocycles. The van der Waals surface area contributed by atoms with Gasteiger partial charge in [-0.25, -0.2) is 4.79 Å². The zero-order chi connectivity index (χ0) is 39.8. The molecule has 4 aliphatic carbocycles. The fourth-order valence-electron chi connectivity index (χ4n) is 11.0. The summed E-state index contributed by atoms with van der Waals surface area (Å²) < 4.78 is 13.7. The van der Waals surface area contributed by atoms with Gasteiger partial charge in [-0.15, -0.1) is 0 Å². The van der Waals surface area contributed by atoms with Crippen molar-refractivity contribution < 1.29 is 24.3 Å². The zero-order valence-electron chi connectivity index (χ0n) is 33.3. The lowest BCUT2D eigenvalue weighted by Crippen LogP contribution is -2.61. The van der Waals surface area contributed by atoms with Crippen LogP contribution in [0.3, 0.4) is 0 Å². The SMILES string of the molecule is C[C@@H]1[C@H](CN2CCN(c3ccc([N+](=O)[O-])cc3)CC2)O[C@H](c2cccc(-c3cccc(CNC(=O)NC45CC6CC(CC(C6)C4)C5)c3)c2)O[C@@H]1c1ccc(CO)cc1. The highest BCUT2D eigenvalue weighted by Crippen LogP contribution is 2.55. The molecule has 2 heterocycles. The maximum atomic E-state index is 13.2. The van der Waals surface area contributed by atoms with Gasteiger partial charge in [0.25, 0.3) is 5.69 Å². The smallest absolute Gasteiger partial charge is 0.315 e. The minimum absolute atomic E-state index is 0.0132. The topological polar surface area (TPSA) is 129 Å². The number of aliphatic hydroxyl groups is 1. The van der Waals surface area contributed by atoms with Crippen LogP contribution in [0.1, 0.15) is 80.1 Å². The van der Waals surface area contributed by atoms with Gasteiger partial charge in [-0.2, -0.15) is 0 Å². The third-order valence-corrected chi connectivity index (χ3v) is 13.6. The molecule has 4 bridgehead atoms. The van der Waals surface area contributed by atoms with Gasteiger partial charge in [0, 0.05) is 74.1 Å². The largest absolute Gasteiger partial charge is 0.392 e. The number of ether oxygens (including phenoxy) is 2. The molecular weight excluding hydrogens is 731 g/mol. The van der Waals surface area contributed by atoms with E-state index in [1.807, 2.05) is 24.3 Å². The summed E-state index contributed by atoms with van der Waals surface area (Å²) in [5.74, 6) is 2.39. The Bertz CT molecular complexity index is 2050. The first kappa shape index (κ1) is 38.7. The Balaban J connectivity index is 0.876. The highest BCUT2D eigenvalue weighted by Gasteiger charge is 2.51. The van der Waals surface area contributed by atoms with Gasteiger partial charge in [0.05, 0.1) is 23.7 Å². The molecule has 3 N–H and O–H groups in total. The molecule has 0 radical (unpaired) electrons. The number of benzene rings is 4. The van der Waals surface area contributed by atoms with E-state index in [1.54, 1.807) is 12.1 Å². The van der Waals surface area contributed by atoms with Crippen LogP contribution in [0.4, 0.5) is 16.2 Å². The Morgan fingerprint density at radius 3 is 2.12 bits per heavy atom. The Kier molecular flexibility index (Phi) is 11.0. The number of carbonyl (C=O) groups excluding carboxylic acids is 1. The molecule has 0 aromatic heterocycles. The van der Waals surface area contributed by atoms with Gasteiger partial charge in [-0.1, -0.05) is 67.6 Å². The summed E-state index contributed by atoms with van der Waals surface area (Å²) in [6.07, 6.45) is 6.51. The fraction of sp³-hybridized carbons (Fsp3) is 0.468. The number of nitrogens with zero attached hydrogens (tertiary/aromatic N) is 3. The van der Waals surface area contributed by atoms with Crippen LogP contribution >= 0.6 is 0 Å². The van der Waals surface area contributed by atoms with Crippen LogP contribution in [0.25, 0.3) is 11.1 Å². The summed E-state index contributed by atoms with van der Waals surface area (Å²) in [5, 5.41) is 27.5. The van der Waals surface area contributed by atoms with Crippen molar-refractivity contribution in [1.29, 1.82) is 0 Å². The molecular formula is C47H55N5O6. The van der Waals surface area contributed by atoms with Crippen molar-refractivity contribution in [2.75, 3.05) is 37.6 Å². The fourth-order valence-corrected chi connectivity index (χ4v) is 11.0. The normalized spacial score (nSPS) is 29.3.